The maximum atomic E-state index is 5.69. The molecule has 2 aromatic heterocycles. The highest BCUT2D eigenvalue weighted by Gasteiger charge is 2.02. The van der Waals surface area contributed by atoms with E-state index in [9.17, 15) is 0 Å². The van der Waals surface area contributed by atoms with Gasteiger partial charge in [-0.15, -0.1) is 0 Å². The molecule has 0 N–H and O–H groups in total. The first-order valence-electron chi connectivity index (χ1n) is 3.28. The number of halogens is 1. The molecule has 0 unspecified atom stereocenters. The molecule has 0 fully saturated rings. The highest BCUT2D eigenvalue weighted by molar-refractivity contribution is 6.29. The Morgan fingerprint density at radius 1 is 1.45 bits per heavy atom. The summed E-state index contributed by atoms with van der Waals surface area (Å²) in [5.41, 5.74) is 2.65. The van der Waals surface area contributed by atoms with E-state index < -0.39 is 0 Å². The molecular weight excluding hydrogens is 162 g/mol. The molecule has 2 rings (SSSR count). The summed E-state index contributed by atoms with van der Waals surface area (Å²) in [6.07, 6.45) is 1.67. The summed E-state index contributed by atoms with van der Waals surface area (Å²) >= 11 is 5.69. The van der Waals surface area contributed by atoms with Crippen LogP contribution in [0.4, 0.5) is 0 Å². The summed E-state index contributed by atoms with van der Waals surface area (Å²) < 4.78 is 5.18. The first-order valence-corrected chi connectivity index (χ1v) is 3.65. The Hall–Kier alpha value is -1.02. The number of pyridine rings is 1. The second-order valence-corrected chi connectivity index (χ2v) is 2.79. The van der Waals surface area contributed by atoms with Gasteiger partial charge in [-0.25, -0.2) is 4.98 Å². The number of hydrogen-bond donors (Lipinski definition) is 0. The van der Waals surface area contributed by atoms with Crippen molar-refractivity contribution in [3.05, 3.63) is 29.1 Å². The zero-order chi connectivity index (χ0) is 7.84. The van der Waals surface area contributed by atoms with Crippen LogP contribution in [-0.4, -0.2) is 4.98 Å². The van der Waals surface area contributed by atoms with E-state index in [2.05, 4.69) is 4.98 Å². The van der Waals surface area contributed by atoms with Crippen LogP contribution in [0.1, 0.15) is 5.56 Å². The maximum absolute atomic E-state index is 5.69. The Morgan fingerprint density at radius 3 is 3.09 bits per heavy atom. The predicted octanol–water partition coefficient (Wildman–Crippen LogP) is 2.79. The van der Waals surface area contributed by atoms with E-state index in [0.29, 0.717) is 5.15 Å². The van der Waals surface area contributed by atoms with Crippen LogP contribution in [0.5, 0.6) is 0 Å². The monoisotopic (exact) mass is 167 g/mol. The molecular formula is C8H6ClNO. The fraction of sp³-hybridized carbons (Fsp3) is 0.125. The zero-order valence-corrected chi connectivity index (χ0v) is 6.72. The first-order chi connectivity index (χ1) is 5.27. The molecule has 0 aliphatic rings. The average Bonchev–Trinajstić information content (AvgIpc) is 2.33. The predicted molar refractivity (Wildman–Crippen MR) is 43.8 cm³/mol. The average molecular weight is 168 g/mol. The Bertz CT molecular complexity index is 394. The maximum Gasteiger partial charge on any atom is 0.152 e. The molecule has 0 aromatic carbocycles. The highest BCUT2D eigenvalue weighted by Crippen LogP contribution is 2.19. The third-order valence-electron chi connectivity index (χ3n) is 1.56. The third-order valence-corrected chi connectivity index (χ3v) is 1.77. The molecule has 0 saturated heterocycles. The molecule has 2 nitrogen and oxygen atoms in total. The lowest BCUT2D eigenvalue weighted by Gasteiger charge is -1.88. The minimum absolute atomic E-state index is 0.502. The molecule has 0 saturated carbocycles. The third kappa shape index (κ3) is 0.994. The Balaban J connectivity index is 2.87. The lowest BCUT2D eigenvalue weighted by molar-refractivity contribution is 0.612. The Morgan fingerprint density at radius 2 is 2.27 bits per heavy atom. The SMILES string of the molecule is Cc1coc2ccc(Cl)nc12. The van der Waals surface area contributed by atoms with Crippen LogP contribution in [0.3, 0.4) is 0 Å². The van der Waals surface area contributed by atoms with Crippen molar-refractivity contribution in [1.82, 2.24) is 4.98 Å². The Labute approximate surface area is 68.8 Å². The van der Waals surface area contributed by atoms with E-state index in [1.807, 2.05) is 13.0 Å². The summed E-state index contributed by atoms with van der Waals surface area (Å²) in [6, 6.07) is 3.53. The van der Waals surface area contributed by atoms with E-state index in [4.69, 9.17) is 16.0 Å². The molecule has 0 spiro atoms. The fourth-order valence-corrected chi connectivity index (χ4v) is 1.16. The van der Waals surface area contributed by atoms with E-state index in [-0.39, 0.29) is 0 Å². The van der Waals surface area contributed by atoms with E-state index in [1.165, 1.54) is 0 Å². The van der Waals surface area contributed by atoms with Gasteiger partial charge in [0.15, 0.2) is 5.58 Å². The van der Waals surface area contributed by atoms with Crippen molar-refractivity contribution in [3.8, 4) is 0 Å². The van der Waals surface area contributed by atoms with Crippen LogP contribution >= 0.6 is 11.6 Å². The molecule has 0 bridgehead atoms. The number of fused-ring (bicyclic) bond motifs is 1. The van der Waals surface area contributed by atoms with Gasteiger partial charge in [-0.3, -0.25) is 0 Å². The normalized spacial score (nSPS) is 10.7. The van der Waals surface area contributed by atoms with Crippen LogP contribution in [0.25, 0.3) is 11.1 Å². The van der Waals surface area contributed by atoms with Crippen molar-refractivity contribution >= 4 is 22.7 Å². The van der Waals surface area contributed by atoms with Gasteiger partial charge in [0, 0.05) is 5.56 Å². The number of aromatic nitrogens is 1. The van der Waals surface area contributed by atoms with Crippen molar-refractivity contribution in [1.29, 1.82) is 0 Å². The van der Waals surface area contributed by atoms with Crippen LogP contribution < -0.4 is 0 Å². The molecule has 0 amide bonds. The largest absolute Gasteiger partial charge is 0.462 e. The van der Waals surface area contributed by atoms with Gasteiger partial charge in [-0.2, -0.15) is 0 Å². The number of nitrogens with zero attached hydrogens (tertiary/aromatic N) is 1. The van der Waals surface area contributed by atoms with Crippen molar-refractivity contribution in [2.24, 2.45) is 0 Å². The van der Waals surface area contributed by atoms with Gasteiger partial charge in [-0.1, -0.05) is 11.6 Å². The molecule has 0 atom stereocenters. The summed E-state index contributed by atoms with van der Waals surface area (Å²) in [4.78, 5) is 4.11. The smallest absolute Gasteiger partial charge is 0.152 e. The van der Waals surface area contributed by atoms with Gasteiger partial charge < -0.3 is 4.42 Å². The van der Waals surface area contributed by atoms with Crippen LogP contribution in [0, 0.1) is 6.92 Å². The molecule has 2 aromatic rings. The van der Waals surface area contributed by atoms with Gasteiger partial charge in [0.25, 0.3) is 0 Å². The van der Waals surface area contributed by atoms with E-state index in [1.54, 1.807) is 12.3 Å². The van der Waals surface area contributed by atoms with Crippen LogP contribution in [0.15, 0.2) is 22.8 Å². The second-order valence-electron chi connectivity index (χ2n) is 2.40. The zero-order valence-electron chi connectivity index (χ0n) is 5.97. The van der Waals surface area contributed by atoms with Gasteiger partial charge in [-0.05, 0) is 19.1 Å². The van der Waals surface area contributed by atoms with Gasteiger partial charge in [0.05, 0.1) is 6.26 Å². The van der Waals surface area contributed by atoms with Gasteiger partial charge in [0.1, 0.15) is 10.7 Å². The van der Waals surface area contributed by atoms with Crippen LogP contribution in [0.2, 0.25) is 5.15 Å². The van der Waals surface area contributed by atoms with Crippen molar-refractivity contribution in [2.45, 2.75) is 6.92 Å². The van der Waals surface area contributed by atoms with E-state index in [0.717, 1.165) is 16.7 Å². The fourth-order valence-electron chi connectivity index (χ4n) is 1.01. The van der Waals surface area contributed by atoms with Crippen molar-refractivity contribution < 1.29 is 4.42 Å². The summed E-state index contributed by atoms with van der Waals surface area (Å²) in [5.74, 6) is 0. The molecule has 2 heterocycles. The molecule has 0 aliphatic carbocycles. The quantitative estimate of drug-likeness (QED) is 0.564. The highest BCUT2D eigenvalue weighted by atomic mass is 35.5. The topological polar surface area (TPSA) is 26.0 Å². The van der Waals surface area contributed by atoms with Gasteiger partial charge in [0.2, 0.25) is 0 Å². The van der Waals surface area contributed by atoms with Crippen molar-refractivity contribution in [3.63, 3.8) is 0 Å². The molecule has 0 radical (unpaired) electrons. The summed E-state index contributed by atoms with van der Waals surface area (Å²) in [5, 5.41) is 0.502. The first kappa shape index (κ1) is 6.68. The standard InChI is InChI=1S/C8H6ClNO/c1-5-4-11-6-2-3-7(9)10-8(5)6/h2-4H,1H3. The van der Waals surface area contributed by atoms with Crippen molar-refractivity contribution in [2.75, 3.05) is 0 Å². The molecule has 0 aliphatic heterocycles. The Kier molecular flexibility index (Phi) is 1.36. The van der Waals surface area contributed by atoms with E-state index >= 15 is 0 Å². The lowest BCUT2D eigenvalue weighted by atomic mass is 10.3. The summed E-state index contributed by atoms with van der Waals surface area (Å²) in [6.45, 7) is 1.94. The minimum atomic E-state index is 0.502. The summed E-state index contributed by atoms with van der Waals surface area (Å²) in [7, 11) is 0. The molecule has 11 heavy (non-hydrogen) atoms. The molecule has 56 valence electrons. The van der Waals surface area contributed by atoms with Crippen LogP contribution in [-0.2, 0) is 0 Å². The number of furan rings is 1. The number of rotatable bonds is 0. The lowest BCUT2D eigenvalue weighted by Crippen LogP contribution is -1.75. The number of hydrogen-bond acceptors (Lipinski definition) is 2. The second kappa shape index (κ2) is 2.24. The number of aryl methyl sites for hydroxylation is 1. The molecule has 3 heteroatoms. The van der Waals surface area contributed by atoms with Gasteiger partial charge >= 0.3 is 0 Å². The minimum Gasteiger partial charge on any atom is -0.462 e.